The zero-order valence-electron chi connectivity index (χ0n) is 13.6. The Bertz CT molecular complexity index is 306. The SMILES string of the molecule is CCCN1CCC(CNC(=O)[C@H]2CCN[C@@H](C)C2)CC1.Cl. The van der Waals surface area contributed by atoms with E-state index in [1.165, 1.54) is 38.9 Å². The molecule has 2 atom stereocenters. The van der Waals surface area contributed by atoms with Crippen molar-refractivity contribution in [3.63, 3.8) is 0 Å². The number of amides is 1. The lowest BCUT2D eigenvalue weighted by Crippen LogP contribution is -2.44. The lowest BCUT2D eigenvalue weighted by Gasteiger charge is -2.32. The third-order valence-electron chi connectivity index (χ3n) is 4.81. The van der Waals surface area contributed by atoms with Crippen LogP contribution >= 0.6 is 12.4 Å². The Morgan fingerprint density at radius 1 is 1.29 bits per heavy atom. The number of halogens is 1. The van der Waals surface area contributed by atoms with E-state index >= 15 is 0 Å². The van der Waals surface area contributed by atoms with E-state index in [2.05, 4.69) is 29.4 Å². The lowest BCUT2D eigenvalue weighted by atomic mass is 9.91. The molecule has 2 aliphatic heterocycles. The van der Waals surface area contributed by atoms with Crippen molar-refractivity contribution in [2.75, 3.05) is 32.7 Å². The van der Waals surface area contributed by atoms with Crippen LogP contribution in [0.1, 0.15) is 46.0 Å². The molecule has 5 heteroatoms. The third kappa shape index (κ3) is 6.13. The first-order chi connectivity index (χ1) is 9.69. The van der Waals surface area contributed by atoms with Gasteiger partial charge in [-0.2, -0.15) is 0 Å². The summed E-state index contributed by atoms with van der Waals surface area (Å²) in [5.74, 6) is 1.20. The van der Waals surface area contributed by atoms with Crippen LogP contribution in [0.15, 0.2) is 0 Å². The number of rotatable bonds is 5. The Morgan fingerprint density at radius 3 is 2.62 bits per heavy atom. The highest BCUT2D eigenvalue weighted by molar-refractivity contribution is 5.85. The second-order valence-corrected chi connectivity index (χ2v) is 6.61. The van der Waals surface area contributed by atoms with Gasteiger partial charge in [0.05, 0.1) is 0 Å². The maximum absolute atomic E-state index is 12.2. The first-order valence-corrected chi connectivity index (χ1v) is 8.42. The smallest absolute Gasteiger partial charge is 0.223 e. The first kappa shape index (κ1) is 18.7. The van der Waals surface area contributed by atoms with Gasteiger partial charge >= 0.3 is 0 Å². The van der Waals surface area contributed by atoms with Gasteiger partial charge in [-0.1, -0.05) is 6.92 Å². The van der Waals surface area contributed by atoms with Crippen molar-refractivity contribution in [1.29, 1.82) is 0 Å². The molecule has 0 aromatic heterocycles. The van der Waals surface area contributed by atoms with Gasteiger partial charge in [0.1, 0.15) is 0 Å². The van der Waals surface area contributed by atoms with E-state index in [1.54, 1.807) is 0 Å². The summed E-state index contributed by atoms with van der Waals surface area (Å²) in [6.45, 7) is 9.92. The van der Waals surface area contributed by atoms with Gasteiger partial charge in [0.25, 0.3) is 0 Å². The number of hydrogen-bond acceptors (Lipinski definition) is 3. The molecule has 2 N–H and O–H groups in total. The highest BCUT2D eigenvalue weighted by atomic mass is 35.5. The monoisotopic (exact) mass is 317 g/mol. The van der Waals surface area contributed by atoms with Crippen LogP contribution in [0.5, 0.6) is 0 Å². The van der Waals surface area contributed by atoms with Gasteiger partial charge in [-0.3, -0.25) is 4.79 Å². The largest absolute Gasteiger partial charge is 0.356 e. The number of likely N-dealkylation sites (tertiary alicyclic amines) is 1. The quantitative estimate of drug-likeness (QED) is 0.815. The fourth-order valence-corrected chi connectivity index (χ4v) is 3.49. The minimum absolute atomic E-state index is 0. The molecule has 2 saturated heterocycles. The molecule has 0 saturated carbocycles. The first-order valence-electron chi connectivity index (χ1n) is 8.42. The van der Waals surface area contributed by atoms with Crippen molar-refractivity contribution in [2.45, 2.75) is 52.0 Å². The summed E-state index contributed by atoms with van der Waals surface area (Å²) in [6.07, 6.45) is 5.70. The molecule has 0 radical (unpaired) electrons. The molecule has 2 fully saturated rings. The van der Waals surface area contributed by atoms with Gasteiger partial charge < -0.3 is 15.5 Å². The fourth-order valence-electron chi connectivity index (χ4n) is 3.49. The highest BCUT2D eigenvalue weighted by Crippen LogP contribution is 2.18. The molecule has 0 unspecified atom stereocenters. The molecule has 0 aromatic carbocycles. The Labute approximate surface area is 135 Å². The van der Waals surface area contributed by atoms with Crippen LogP contribution in [-0.2, 0) is 4.79 Å². The zero-order valence-corrected chi connectivity index (χ0v) is 14.4. The average Bonchev–Trinajstić information content (AvgIpc) is 2.46. The Balaban J connectivity index is 0.00000220. The van der Waals surface area contributed by atoms with Gasteiger partial charge in [-0.05, 0) is 71.1 Å². The molecule has 124 valence electrons. The molecule has 4 nitrogen and oxygen atoms in total. The summed E-state index contributed by atoms with van der Waals surface area (Å²) in [5.41, 5.74) is 0. The summed E-state index contributed by atoms with van der Waals surface area (Å²) < 4.78 is 0. The lowest BCUT2D eigenvalue weighted by molar-refractivity contribution is -0.126. The van der Waals surface area contributed by atoms with Crippen LogP contribution < -0.4 is 10.6 Å². The summed E-state index contributed by atoms with van der Waals surface area (Å²) in [7, 11) is 0. The van der Waals surface area contributed by atoms with E-state index in [-0.39, 0.29) is 24.2 Å². The van der Waals surface area contributed by atoms with Gasteiger partial charge in [-0.25, -0.2) is 0 Å². The van der Waals surface area contributed by atoms with Crippen molar-refractivity contribution in [1.82, 2.24) is 15.5 Å². The predicted octanol–water partition coefficient (Wildman–Crippen LogP) is 2.03. The molecular weight excluding hydrogens is 286 g/mol. The highest BCUT2D eigenvalue weighted by Gasteiger charge is 2.25. The van der Waals surface area contributed by atoms with Crippen molar-refractivity contribution >= 4 is 18.3 Å². The standard InChI is InChI=1S/C16H31N3O.ClH/c1-3-8-19-9-5-14(6-10-19)12-18-16(20)15-4-7-17-13(2)11-15;/h13-15,17H,3-12H2,1-2H3,(H,18,20);1H/t13-,15-;/m0./s1. The molecule has 2 heterocycles. The summed E-state index contributed by atoms with van der Waals surface area (Å²) in [4.78, 5) is 14.8. The van der Waals surface area contributed by atoms with Crippen LogP contribution in [0.3, 0.4) is 0 Å². The van der Waals surface area contributed by atoms with Crippen LogP contribution in [0, 0.1) is 11.8 Å². The van der Waals surface area contributed by atoms with Crippen LogP contribution in [-0.4, -0.2) is 49.6 Å². The van der Waals surface area contributed by atoms with E-state index in [0.717, 1.165) is 25.9 Å². The number of carbonyl (C=O) groups excluding carboxylic acids is 1. The number of nitrogens with zero attached hydrogens (tertiary/aromatic N) is 1. The fraction of sp³-hybridized carbons (Fsp3) is 0.938. The topological polar surface area (TPSA) is 44.4 Å². The van der Waals surface area contributed by atoms with E-state index < -0.39 is 0 Å². The van der Waals surface area contributed by atoms with E-state index in [1.807, 2.05) is 0 Å². The Kier molecular flexibility index (Phi) is 8.60. The van der Waals surface area contributed by atoms with Gasteiger partial charge in [-0.15, -0.1) is 12.4 Å². The minimum atomic E-state index is 0. The van der Waals surface area contributed by atoms with E-state index in [4.69, 9.17) is 0 Å². The Hall–Kier alpha value is -0.320. The van der Waals surface area contributed by atoms with Gasteiger partial charge in [0.2, 0.25) is 5.91 Å². The second-order valence-electron chi connectivity index (χ2n) is 6.61. The molecule has 0 bridgehead atoms. The second kappa shape index (κ2) is 9.65. The number of carbonyl (C=O) groups is 1. The molecule has 0 aromatic rings. The Morgan fingerprint density at radius 2 is 2.00 bits per heavy atom. The maximum Gasteiger partial charge on any atom is 0.223 e. The van der Waals surface area contributed by atoms with Crippen molar-refractivity contribution in [3.05, 3.63) is 0 Å². The van der Waals surface area contributed by atoms with Crippen molar-refractivity contribution < 1.29 is 4.79 Å². The van der Waals surface area contributed by atoms with Gasteiger partial charge in [0.15, 0.2) is 0 Å². The van der Waals surface area contributed by atoms with Gasteiger partial charge in [0, 0.05) is 18.5 Å². The van der Waals surface area contributed by atoms with E-state index in [0.29, 0.717) is 12.0 Å². The van der Waals surface area contributed by atoms with Crippen LogP contribution in [0.25, 0.3) is 0 Å². The summed E-state index contributed by atoms with van der Waals surface area (Å²) >= 11 is 0. The maximum atomic E-state index is 12.2. The molecule has 0 aliphatic carbocycles. The molecule has 0 spiro atoms. The molecular formula is C16H32ClN3O. The van der Waals surface area contributed by atoms with Crippen LogP contribution in [0.2, 0.25) is 0 Å². The van der Waals surface area contributed by atoms with Crippen LogP contribution in [0.4, 0.5) is 0 Å². The molecule has 21 heavy (non-hydrogen) atoms. The molecule has 1 amide bonds. The average molecular weight is 318 g/mol. The molecule has 2 rings (SSSR count). The number of nitrogens with one attached hydrogen (secondary N) is 2. The number of hydrogen-bond donors (Lipinski definition) is 2. The van der Waals surface area contributed by atoms with Crippen molar-refractivity contribution in [2.24, 2.45) is 11.8 Å². The molecule has 2 aliphatic rings. The summed E-state index contributed by atoms with van der Waals surface area (Å²) in [5, 5.41) is 6.61. The zero-order chi connectivity index (χ0) is 14.4. The van der Waals surface area contributed by atoms with Crippen molar-refractivity contribution in [3.8, 4) is 0 Å². The number of piperidine rings is 2. The van der Waals surface area contributed by atoms with E-state index in [9.17, 15) is 4.79 Å². The minimum Gasteiger partial charge on any atom is -0.356 e. The normalized spacial score (nSPS) is 27.9. The third-order valence-corrected chi connectivity index (χ3v) is 4.81. The summed E-state index contributed by atoms with van der Waals surface area (Å²) in [6, 6.07) is 0.483. The predicted molar refractivity (Wildman–Crippen MR) is 89.9 cm³/mol.